The highest BCUT2D eigenvalue weighted by Crippen LogP contribution is 2.20. The Kier molecular flexibility index (Phi) is 5.63. The second-order valence-electron chi connectivity index (χ2n) is 3.75. The number of ether oxygens (including phenoxy) is 2. The predicted octanol–water partition coefficient (Wildman–Crippen LogP) is 2.83. The maximum absolute atomic E-state index is 13.0. The van der Waals surface area contributed by atoms with E-state index in [4.69, 9.17) is 9.47 Å². The van der Waals surface area contributed by atoms with Gasteiger partial charge < -0.3 is 9.47 Å². The molecule has 0 spiro atoms. The second kappa shape index (κ2) is 7.01. The van der Waals surface area contributed by atoms with E-state index in [0.29, 0.717) is 19.0 Å². The highest BCUT2D eigenvalue weighted by atomic mass is 19.1. The van der Waals surface area contributed by atoms with Gasteiger partial charge in [0.05, 0.1) is 12.2 Å². The van der Waals surface area contributed by atoms with Crippen molar-refractivity contribution >= 4 is 5.78 Å². The largest absolute Gasteiger partial charge is 0.493 e. The Morgan fingerprint density at radius 3 is 2.65 bits per heavy atom. The number of halogens is 1. The molecular weight excluding hydrogens is 223 g/mol. The van der Waals surface area contributed by atoms with E-state index < -0.39 is 5.82 Å². The first-order chi connectivity index (χ1) is 8.15. The van der Waals surface area contributed by atoms with Crippen LogP contribution in [0.5, 0.6) is 5.75 Å². The van der Waals surface area contributed by atoms with Gasteiger partial charge in [0.2, 0.25) is 0 Å². The summed E-state index contributed by atoms with van der Waals surface area (Å²) in [6.45, 7) is 2.58. The van der Waals surface area contributed by atoms with Crippen LogP contribution in [0.3, 0.4) is 0 Å². The molecule has 0 aliphatic heterocycles. The van der Waals surface area contributed by atoms with Gasteiger partial charge in [0.15, 0.2) is 5.78 Å². The van der Waals surface area contributed by atoms with E-state index in [1.165, 1.54) is 25.1 Å². The Hall–Kier alpha value is -1.42. The van der Waals surface area contributed by atoms with Crippen LogP contribution in [0.25, 0.3) is 0 Å². The highest BCUT2D eigenvalue weighted by molar-refractivity contribution is 5.96. The summed E-state index contributed by atoms with van der Waals surface area (Å²) in [7, 11) is 1.65. The quantitative estimate of drug-likeness (QED) is 0.543. The number of carbonyl (C=O) groups excluding carboxylic acids is 1. The molecule has 3 nitrogen and oxygen atoms in total. The lowest BCUT2D eigenvalue weighted by atomic mass is 10.1. The third-order valence-electron chi connectivity index (χ3n) is 2.32. The van der Waals surface area contributed by atoms with Gasteiger partial charge >= 0.3 is 0 Å². The summed E-state index contributed by atoms with van der Waals surface area (Å²) in [6.07, 6.45) is 1.73. The van der Waals surface area contributed by atoms with Crippen molar-refractivity contribution in [3.8, 4) is 5.75 Å². The van der Waals surface area contributed by atoms with Crippen LogP contribution in [0.15, 0.2) is 18.2 Å². The van der Waals surface area contributed by atoms with Gasteiger partial charge in [-0.25, -0.2) is 4.39 Å². The lowest BCUT2D eigenvalue weighted by Crippen LogP contribution is -2.04. The zero-order chi connectivity index (χ0) is 12.7. The summed E-state index contributed by atoms with van der Waals surface area (Å²) in [5.41, 5.74) is 0.289. The molecule has 4 heteroatoms. The van der Waals surface area contributed by atoms with Crippen molar-refractivity contribution in [1.82, 2.24) is 0 Å². The van der Waals surface area contributed by atoms with E-state index in [0.717, 1.165) is 12.8 Å². The molecule has 0 aliphatic rings. The first kappa shape index (κ1) is 13.6. The summed E-state index contributed by atoms with van der Waals surface area (Å²) in [5.74, 6) is -0.186. The maximum Gasteiger partial charge on any atom is 0.163 e. The number of ketones is 1. The average molecular weight is 240 g/mol. The number of carbonyl (C=O) groups is 1. The van der Waals surface area contributed by atoms with Crippen molar-refractivity contribution in [3.05, 3.63) is 29.6 Å². The SMILES string of the molecule is COCCCCOc1ccc(F)cc1C(C)=O. The molecule has 1 aromatic carbocycles. The third-order valence-corrected chi connectivity index (χ3v) is 2.32. The zero-order valence-corrected chi connectivity index (χ0v) is 10.2. The number of unbranched alkanes of at least 4 members (excludes halogenated alkanes) is 1. The molecule has 94 valence electrons. The van der Waals surface area contributed by atoms with Crippen LogP contribution in [-0.4, -0.2) is 26.1 Å². The van der Waals surface area contributed by atoms with Crippen LogP contribution in [0, 0.1) is 5.82 Å². The van der Waals surface area contributed by atoms with Crippen LogP contribution < -0.4 is 4.74 Å². The Bertz CT molecular complexity index is 377. The summed E-state index contributed by atoms with van der Waals surface area (Å²) in [5, 5.41) is 0. The van der Waals surface area contributed by atoms with Crippen molar-refractivity contribution in [3.63, 3.8) is 0 Å². The normalized spacial score (nSPS) is 10.3. The number of hydrogen-bond acceptors (Lipinski definition) is 3. The van der Waals surface area contributed by atoms with E-state index in [1.54, 1.807) is 7.11 Å². The molecule has 0 aromatic heterocycles. The average Bonchev–Trinajstić information content (AvgIpc) is 2.30. The molecule has 1 rings (SSSR count). The van der Waals surface area contributed by atoms with Crippen molar-refractivity contribution in [2.45, 2.75) is 19.8 Å². The van der Waals surface area contributed by atoms with Gasteiger partial charge in [0.1, 0.15) is 11.6 Å². The molecule has 0 bridgehead atoms. The van der Waals surface area contributed by atoms with Gasteiger partial charge in [0.25, 0.3) is 0 Å². The molecule has 0 fully saturated rings. The van der Waals surface area contributed by atoms with Crippen LogP contribution in [-0.2, 0) is 4.74 Å². The minimum Gasteiger partial charge on any atom is -0.493 e. The molecular formula is C13H17FO3. The zero-order valence-electron chi connectivity index (χ0n) is 10.2. The summed E-state index contributed by atoms with van der Waals surface area (Å²) in [4.78, 5) is 11.3. The minimum atomic E-state index is -0.429. The molecule has 0 aliphatic carbocycles. The predicted molar refractivity (Wildman–Crippen MR) is 63.0 cm³/mol. The molecule has 0 saturated heterocycles. The topological polar surface area (TPSA) is 35.5 Å². The van der Waals surface area contributed by atoms with Crippen molar-refractivity contribution < 1.29 is 18.7 Å². The molecule has 1 aromatic rings. The fourth-order valence-electron chi connectivity index (χ4n) is 1.43. The van der Waals surface area contributed by atoms with Crippen molar-refractivity contribution in [2.24, 2.45) is 0 Å². The summed E-state index contributed by atoms with van der Waals surface area (Å²) >= 11 is 0. The van der Waals surface area contributed by atoms with Gasteiger partial charge in [-0.3, -0.25) is 4.79 Å². The molecule has 0 N–H and O–H groups in total. The minimum absolute atomic E-state index is 0.198. The van der Waals surface area contributed by atoms with Gasteiger partial charge in [-0.2, -0.15) is 0 Å². The fourth-order valence-corrected chi connectivity index (χ4v) is 1.43. The Labute approximate surface area is 101 Å². The van der Waals surface area contributed by atoms with Crippen molar-refractivity contribution in [2.75, 3.05) is 20.3 Å². The van der Waals surface area contributed by atoms with Gasteiger partial charge in [-0.05, 0) is 38.0 Å². The highest BCUT2D eigenvalue weighted by Gasteiger charge is 2.09. The van der Waals surface area contributed by atoms with E-state index in [-0.39, 0.29) is 11.3 Å². The van der Waals surface area contributed by atoms with Crippen LogP contribution >= 0.6 is 0 Å². The van der Waals surface area contributed by atoms with Gasteiger partial charge in [0, 0.05) is 13.7 Å². The summed E-state index contributed by atoms with van der Waals surface area (Å²) < 4.78 is 23.3. The Balaban J connectivity index is 2.55. The lowest BCUT2D eigenvalue weighted by molar-refractivity contribution is 0.101. The smallest absolute Gasteiger partial charge is 0.163 e. The number of rotatable bonds is 7. The Morgan fingerprint density at radius 2 is 2.00 bits per heavy atom. The van der Waals surface area contributed by atoms with E-state index in [9.17, 15) is 9.18 Å². The first-order valence-electron chi connectivity index (χ1n) is 5.57. The fraction of sp³-hybridized carbons (Fsp3) is 0.462. The molecule has 17 heavy (non-hydrogen) atoms. The van der Waals surface area contributed by atoms with Crippen molar-refractivity contribution in [1.29, 1.82) is 0 Å². The molecule has 0 heterocycles. The number of benzene rings is 1. The lowest BCUT2D eigenvalue weighted by Gasteiger charge is -2.09. The maximum atomic E-state index is 13.0. The van der Waals surface area contributed by atoms with E-state index in [1.807, 2.05) is 0 Å². The molecule has 0 unspecified atom stereocenters. The Morgan fingerprint density at radius 1 is 1.29 bits per heavy atom. The van der Waals surface area contributed by atoms with E-state index in [2.05, 4.69) is 0 Å². The van der Waals surface area contributed by atoms with Gasteiger partial charge in [-0.1, -0.05) is 0 Å². The molecule has 0 saturated carbocycles. The van der Waals surface area contributed by atoms with Crippen LogP contribution in [0.4, 0.5) is 4.39 Å². The second-order valence-corrected chi connectivity index (χ2v) is 3.75. The third kappa shape index (κ3) is 4.53. The molecule has 0 amide bonds. The summed E-state index contributed by atoms with van der Waals surface area (Å²) in [6, 6.07) is 3.98. The van der Waals surface area contributed by atoms with Crippen LogP contribution in [0.2, 0.25) is 0 Å². The van der Waals surface area contributed by atoms with Crippen LogP contribution in [0.1, 0.15) is 30.1 Å². The van der Waals surface area contributed by atoms with E-state index >= 15 is 0 Å². The monoisotopic (exact) mass is 240 g/mol. The number of Topliss-reactive ketones (excluding diaryl/α,β-unsaturated/α-hetero) is 1. The molecule has 0 radical (unpaired) electrons. The standard InChI is InChI=1S/C13H17FO3/c1-10(15)12-9-11(14)5-6-13(12)17-8-4-3-7-16-2/h5-6,9H,3-4,7-8H2,1-2H3. The number of methoxy groups -OCH3 is 1. The number of hydrogen-bond donors (Lipinski definition) is 0. The van der Waals surface area contributed by atoms with Gasteiger partial charge in [-0.15, -0.1) is 0 Å². The first-order valence-corrected chi connectivity index (χ1v) is 5.57. The molecule has 0 atom stereocenters.